The minimum absolute atomic E-state index is 0.0202. The van der Waals surface area contributed by atoms with Gasteiger partial charge in [0, 0.05) is 22.9 Å². The molecule has 1 atom stereocenters. The molecule has 0 bridgehead atoms. The molecule has 0 spiro atoms. The average molecular weight is 405 g/mol. The van der Waals surface area contributed by atoms with E-state index in [0.717, 1.165) is 0 Å². The van der Waals surface area contributed by atoms with E-state index in [1.54, 1.807) is 19.2 Å². The standard InChI is InChI=1S/C18H17BrN2O4/c1-23-14-6-9(11(19)7-15(14)24-2)16-10(8-20)18(21)25-13-5-3-4-12(22)17(13)16/h6-7,16H,3-5,21H2,1-2H3/t16-/m1/s1. The van der Waals surface area contributed by atoms with Crippen LogP contribution in [0, 0.1) is 11.3 Å². The maximum Gasteiger partial charge on any atom is 0.205 e. The molecule has 0 radical (unpaired) electrons. The fourth-order valence-electron chi connectivity index (χ4n) is 3.26. The van der Waals surface area contributed by atoms with Gasteiger partial charge in [0.2, 0.25) is 5.88 Å². The van der Waals surface area contributed by atoms with E-state index in [0.29, 0.717) is 52.1 Å². The number of carbonyl (C=O) groups excluding carboxylic acids is 1. The molecule has 2 N–H and O–H groups in total. The van der Waals surface area contributed by atoms with Gasteiger partial charge in [-0.1, -0.05) is 15.9 Å². The third-order valence-electron chi connectivity index (χ3n) is 4.42. The molecule has 6 nitrogen and oxygen atoms in total. The highest BCUT2D eigenvalue weighted by atomic mass is 79.9. The zero-order valence-corrected chi connectivity index (χ0v) is 15.5. The van der Waals surface area contributed by atoms with Crippen LogP contribution in [0.3, 0.4) is 0 Å². The van der Waals surface area contributed by atoms with E-state index >= 15 is 0 Å². The van der Waals surface area contributed by atoms with Crippen LogP contribution in [0.1, 0.15) is 30.7 Å². The Hall–Kier alpha value is -2.46. The van der Waals surface area contributed by atoms with Crippen LogP contribution < -0.4 is 15.2 Å². The van der Waals surface area contributed by atoms with Gasteiger partial charge in [-0.3, -0.25) is 4.79 Å². The maximum absolute atomic E-state index is 12.6. The van der Waals surface area contributed by atoms with Gasteiger partial charge in [-0.25, -0.2) is 0 Å². The number of carbonyl (C=O) groups is 1. The number of hydrogen-bond acceptors (Lipinski definition) is 6. The molecule has 25 heavy (non-hydrogen) atoms. The van der Waals surface area contributed by atoms with Crippen molar-refractivity contribution in [3.63, 3.8) is 0 Å². The Labute approximate surface area is 154 Å². The van der Waals surface area contributed by atoms with Crippen LogP contribution in [0.4, 0.5) is 0 Å². The van der Waals surface area contributed by atoms with Crippen molar-refractivity contribution in [2.75, 3.05) is 14.2 Å². The number of benzene rings is 1. The van der Waals surface area contributed by atoms with Crippen molar-refractivity contribution in [1.29, 1.82) is 5.26 Å². The first-order valence-electron chi connectivity index (χ1n) is 7.77. The van der Waals surface area contributed by atoms with Crippen molar-refractivity contribution in [3.05, 3.63) is 45.0 Å². The molecule has 0 amide bonds. The second-order valence-electron chi connectivity index (χ2n) is 5.77. The summed E-state index contributed by atoms with van der Waals surface area (Å²) in [5, 5.41) is 9.61. The average Bonchev–Trinajstić information content (AvgIpc) is 2.60. The molecule has 0 unspecified atom stereocenters. The quantitative estimate of drug-likeness (QED) is 0.830. The molecule has 7 heteroatoms. The van der Waals surface area contributed by atoms with Crippen LogP contribution in [0.25, 0.3) is 0 Å². The van der Waals surface area contributed by atoms with Crippen molar-refractivity contribution in [1.82, 2.24) is 0 Å². The Kier molecular flexibility index (Phi) is 4.73. The van der Waals surface area contributed by atoms with Crippen LogP contribution in [-0.2, 0) is 9.53 Å². The van der Waals surface area contributed by atoms with Gasteiger partial charge >= 0.3 is 0 Å². The van der Waals surface area contributed by atoms with Gasteiger partial charge in [0.25, 0.3) is 0 Å². The molecule has 3 rings (SSSR count). The van der Waals surface area contributed by atoms with Crippen molar-refractivity contribution in [2.24, 2.45) is 5.73 Å². The summed E-state index contributed by atoms with van der Waals surface area (Å²) in [7, 11) is 3.08. The van der Waals surface area contributed by atoms with Gasteiger partial charge in [-0.15, -0.1) is 0 Å². The largest absolute Gasteiger partial charge is 0.493 e. The van der Waals surface area contributed by atoms with Gasteiger partial charge in [0.05, 0.1) is 20.1 Å². The topological polar surface area (TPSA) is 94.6 Å². The summed E-state index contributed by atoms with van der Waals surface area (Å²) in [5.74, 6) is 1.05. The molecule has 1 heterocycles. The third kappa shape index (κ3) is 2.87. The van der Waals surface area contributed by atoms with E-state index in [2.05, 4.69) is 22.0 Å². The summed E-state index contributed by atoms with van der Waals surface area (Å²) in [4.78, 5) is 12.6. The van der Waals surface area contributed by atoms with Crippen molar-refractivity contribution in [2.45, 2.75) is 25.2 Å². The number of allylic oxidation sites excluding steroid dienone is 3. The Bertz CT molecular complexity index is 851. The summed E-state index contributed by atoms with van der Waals surface area (Å²) >= 11 is 3.52. The van der Waals surface area contributed by atoms with Crippen molar-refractivity contribution < 1.29 is 19.0 Å². The smallest absolute Gasteiger partial charge is 0.205 e. The highest BCUT2D eigenvalue weighted by Crippen LogP contribution is 2.47. The fraction of sp³-hybridized carbons (Fsp3) is 0.333. The normalized spacial score (nSPS) is 19.9. The number of nitrogens with zero attached hydrogens (tertiary/aromatic N) is 1. The highest BCUT2D eigenvalue weighted by Gasteiger charge is 2.39. The lowest BCUT2D eigenvalue weighted by atomic mass is 9.77. The number of nitrogens with two attached hydrogens (primary N) is 1. The van der Waals surface area contributed by atoms with Gasteiger partial charge in [0.1, 0.15) is 17.4 Å². The molecule has 130 valence electrons. The molecule has 2 aliphatic rings. The zero-order chi connectivity index (χ0) is 18.1. The molecule has 0 saturated carbocycles. The molecule has 1 aromatic rings. The van der Waals surface area contributed by atoms with Crippen molar-refractivity contribution >= 4 is 21.7 Å². The second-order valence-corrected chi connectivity index (χ2v) is 6.62. The number of Topliss-reactive ketones (excluding diaryl/α,β-unsaturated/α-hetero) is 1. The first kappa shape index (κ1) is 17.4. The lowest BCUT2D eigenvalue weighted by Gasteiger charge is -2.31. The van der Waals surface area contributed by atoms with Gasteiger partial charge in [0.15, 0.2) is 17.3 Å². The van der Waals surface area contributed by atoms with Gasteiger partial charge < -0.3 is 19.9 Å². The molecule has 0 saturated heterocycles. The van der Waals surface area contributed by atoms with Gasteiger partial charge in [-0.05, 0) is 24.1 Å². The molecule has 1 aromatic carbocycles. The molecule has 1 aliphatic heterocycles. The Morgan fingerprint density at radius 2 is 1.96 bits per heavy atom. The number of ether oxygens (including phenoxy) is 3. The minimum Gasteiger partial charge on any atom is -0.493 e. The number of hydrogen-bond donors (Lipinski definition) is 1. The van der Waals surface area contributed by atoms with E-state index in [1.165, 1.54) is 7.11 Å². The predicted molar refractivity (Wildman–Crippen MR) is 93.8 cm³/mol. The molecular weight excluding hydrogens is 388 g/mol. The van der Waals surface area contributed by atoms with Crippen molar-refractivity contribution in [3.8, 4) is 17.6 Å². The number of ketones is 1. The summed E-state index contributed by atoms with van der Waals surface area (Å²) in [5.41, 5.74) is 7.40. The Balaban J connectivity index is 2.24. The monoisotopic (exact) mass is 404 g/mol. The Morgan fingerprint density at radius 3 is 2.60 bits per heavy atom. The van der Waals surface area contributed by atoms with E-state index in [9.17, 15) is 10.1 Å². The third-order valence-corrected chi connectivity index (χ3v) is 5.11. The summed E-state index contributed by atoms with van der Waals surface area (Å²) < 4.78 is 17.0. The number of rotatable bonds is 3. The minimum atomic E-state index is -0.587. The fourth-order valence-corrected chi connectivity index (χ4v) is 3.81. The predicted octanol–water partition coefficient (Wildman–Crippen LogP) is 3.28. The molecular formula is C18H17BrN2O4. The molecule has 1 aliphatic carbocycles. The van der Waals surface area contributed by atoms with Crippen LogP contribution in [0.2, 0.25) is 0 Å². The lowest BCUT2D eigenvalue weighted by Crippen LogP contribution is -2.27. The van der Waals surface area contributed by atoms with E-state index in [1.807, 2.05) is 0 Å². The number of halogens is 1. The highest BCUT2D eigenvalue weighted by molar-refractivity contribution is 9.10. The van der Waals surface area contributed by atoms with Crippen LogP contribution in [-0.4, -0.2) is 20.0 Å². The first-order chi connectivity index (χ1) is 12.0. The second kappa shape index (κ2) is 6.81. The molecule has 0 fully saturated rings. The van der Waals surface area contributed by atoms with Crippen LogP contribution in [0.15, 0.2) is 39.4 Å². The SMILES string of the molecule is COc1cc(Br)c([C@@H]2C(C#N)=C(N)OC3=C2C(=O)CCC3)cc1OC. The number of nitriles is 1. The summed E-state index contributed by atoms with van der Waals surface area (Å²) in [6.07, 6.45) is 1.77. The zero-order valence-electron chi connectivity index (χ0n) is 13.9. The van der Waals surface area contributed by atoms with Gasteiger partial charge in [-0.2, -0.15) is 5.26 Å². The van der Waals surface area contributed by atoms with Crippen LogP contribution >= 0.6 is 15.9 Å². The van der Waals surface area contributed by atoms with E-state index in [4.69, 9.17) is 19.9 Å². The first-order valence-corrected chi connectivity index (χ1v) is 8.56. The van der Waals surface area contributed by atoms with Crippen LogP contribution in [0.5, 0.6) is 11.5 Å². The number of methoxy groups -OCH3 is 2. The Morgan fingerprint density at radius 1 is 1.28 bits per heavy atom. The van der Waals surface area contributed by atoms with E-state index < -0.39 is 5.92 Å². The molecule has 0 aromatic heterocycles. The maximum atomic E-state index is 12.6. The van der Waals surface area contributed by atoms with E-state index in [-0.39, 0.29) is 17.2 Å². The lowest BCUT2D eigenvalue weighted by molar-refractivity contribution is -0.116. The summed E-state index contributed by atoms with van der Waals surface area (Å²) in [6, 6.07) is 5.61. The summed E-state index contributed by atoms with van der Waals surface area (Å²) in [6.45, 7) is 0.